The average Bonchev–Trinajstić information content (AvgIpc) is 3.18. The van der Waals surface area contributed by atoms with E-state index >= 15 is 0 Å². The molecule has 1 saturated heterocycles. The van der Waals surface area contributed by atoms with Crippen molar-refractivity contribution in [3.05, 3.63) is 34.8 Å². The van der Waals surface area contributed by atoms with Crippen molar-refractivity contribution >= 4 is 11.3 Å². The van der Waals surface area contributed by atoms with Crippen LogP contribution in [0.3, 0.4) is 0 Å². The zero-order chi connectivity index (χ0) is 20.8. The second kappa shape index (κ2) is 8.47. The lowest BCUT2D eigenvalue weighted by Gasteiger charge is -2.44. The van der Waals surface area contributed by atoms with Gasteiger partial charge in [0.1, 0.15) is 16.9 Å². The number of piperidine rings is 1. The quantitative estimate of drug-likeness (QED) is 0.761. The Bertz CT molecular complexity index is 896. The number of hydrogen-bond donors (Lipinski definition) is 1. The van der Waals surface area contributed by atoms with E-state index < -0.39 is 0 Å². The molecule has 2 aliphatic carbocycles. The molecule has 4 aliphatic rings. The Balaban J connectivity index is 1.04. The van der Waals surface area contributed by atoms with Gasteiger partial charge < -0.3 is 14.7 Å². The first-order valence-electron chi connectivity index (χ1n) is 12.1. The molecule has 2 saturated carbocycles. The van der Waals surface area contributed by atoms with Crippen molar-refractivity contribution < 1.29 is 9.84 Å². The van der Waals surface area contributed by atoms with Crippen molar-refractivity contribution in [2.24, 2.45) is 0 Å². The Morgan fingerprint density at radius 2 is 1.65 bits per heavy atom. The van der Waals surface area contributed by atoms with Gasteiger partial charge in [-0.1, -0.05) is 6.42 Å². The van der Waals surface area contributed by atoms with Gasteiger partial charge in [-0.05, 0) is 63.0 Å². The maximum absolute atomic E-state index is 9.62. The van der Waals surface area contributed by atoms with Crippen LogP contribution in [-0.4, -0.2) is 63.8 Å². The Hall–Kier alpha value is -1.47. The molecule has 3 fully saturated rings. The van der Waals surface area contributed by atoms with Crippen molar-refractivity contribution in [3.63, 3.8) is 0 Å². The SMILES string of the molecule is O[C@H]1C[C@@H](N2CCc3nc(-c4ccc(O[C@H]5C[C@H](N6CCCCC6)C5)cc4)sc3C2)C1. The number of rotatable bonds is 5. The molecule has 6 rings (SSSR count). The molecule has 1 N–H and O–H groups in total. The summed E-state index contributed by atoms with van der Waals surface area (Å²) in [5, 5.41) is 10.7. The van der Waals surface area contributed by atoms with Gasteiger partial charge in [0.25, 0.3) is 0 Å². The molecule has 1 aromatic heterocycles. The Kier molecular flexibility index (Phi) is 5.51. The summed E-state index contributed by atoms with van der Waals surface area (Å²) in [7, 11) is 0. The maximum atomic E-state index is 9.62. The van der Waals surface area contributed by atoms with Crippen LogP contribution in [-0.2, 0) is 13.0 Å². The summed E-state index contributed by atoms with van der Waals surface area (Å²) in [6.07, 6.45) is 9.67. The molecule has 2 aromatic rings. The smallest absolute Gasteiger partial charge is 0.123 e. The molecule has 2 aliphatic heterocycles. The highest BCUT2D eigenvalue weighted by Crippen LogP contribution is 2.36. The van der Waals surface area contributed by atoms with Gasteiger partial charge in [0, 0.05) is 54.9 Å². The van der Waals surface area contributed by atoms with E-state index in [1.165, 1.54) is 61.3 Å². The van der Waals surface area contributed by atoms with E-state index in [2.05, 4.69) is 34.1 Å². The molecule has 1 aromatic carbocycles. The van der Waals surface area contributed by atoms with Crippen LogP contribution in [0, 0.1) is 0 Å². The molecule has 166 valence electrons. The number of aromatic nitrogens is 1. The number of aliphatic hydroxyl groups excluding tert-OH is 1. The van der Waals surface area contributed by atoms with Crippen LogP contribution < -0.4 is 4.74 Å². The minimum Gasteiger partial charge on any atom is -0.490 e. The number of hydrogen-bond acceptors (Lipinski definition) is 6. The van der Waals surface area contributed by atoms with Crippen LogP contribution in [0.15, 0.2) is 24.3 Å². The highest BCUT2D eigenvalue weighted by molar-refractivity contribution is 7.15. The van der Waals surface area contributed by atoms with Gasteiger partial charge >= 0.3 is 0 Å². The molecule has 0 radical (unpaired) electrons. The first-order valence-corrected chi connectivity index (χ1v) is 12.9. The van der Waals surface area contributed by atoms with Gasteiger partial charge in [0.2, 0.25) is 0 Å². The predicted molar refractivity (Wildman–Crippen MR) is 124 cm³/mol. The van der Waals surface area contributed by atoms with Gasteiger partial charge in [-0.25, -0.2) is 4.98 Å². The molecule has 6 heteroatoms. The number of thiazole rings is 1. The molecule has 0 amide bonds. The predicted octanol–water partition coefficient (Wildman–Crippen LogP) is 4.09. The molecule has 31 heavy (non-hydrogen) atoms. The molecule has 0 spiro atoms. The minimum absolute atomic E-state index is 0.0836. The summed E-state index contributed by atoms with van der Waals surface area (Å²) >= 11 is 1.83. The normalized spacial score (nSPS) is 31.5. The number of fused-ring (bicyclic) bond motifs is 1. The highest BCUT2D eigenvalue weighted by Gasteiger charge is 2.36. The Morgan fingerprint density at radius 1 is 0.903 bits per heavy atom. The van der Waals surface area contributed by atoms with Gasteiger partial charge in [-0.15, -0.1) is 11.3 Å². The number of ether oxygens (including phenoxy) is 1. The van der Waals surface area contributed by atoms with Gasteiger partial charge in [0.05, 0.1) is 11.8 Å². The van der Waals surface area contributed by atoms with E-state index in [1.54, 1.807) is 0 Å². The van der Waals surface area contributed by atoms with Gasteiger partial charge in [-0.2, -0.15) is 0 Å². The molecular weight excluding hydrogens is 406 g/mol. The monoisotopic (exact) mass is 439 g/mol. The molecule has 0 atom stereocenters. The van der Waals surface area contributed by atoms with E-state index in [9.17, 15) is 5.11 Å². The summed E-state index contributed by atoms with van der Waals surface area (Å²) < 4.78 is 6.24. The highest BCUT2D eigenvalue weighted by atomic mass is 32.1. The summed E-state index contributed by atoms with van der Waals surface area (Å²) in [6, 6.07) is 9.87. The third-order valence-electron chi connectivity index (χ3n) is 7.75. The van der Waals surface area contributed by atoms with Crippen molar-refractivity contribution in [1.82, 2.24) is 14.8 Å². The Labute approximate surface area is 189 Å². The van der Waals surface area contributed by atoms with E-state index in [0.717, 1.165) is 49.2 Å². The fraction of sp³-hybridized carbons (Fsp3) is 0.640. The molecule has 0 bridgehead atoms. The topological polar surface area (TPSA) is 48.8 Å². The largest absolute Gasteiger partial charge is 0.490 e. The summed E-state index contributed by atoms with van der Waals surface area (Å²) in [5.74, 6) is 0.988. The van der Waals surface area contributed by atoms with Crippen LogP contribution in [0.5, 0.6) is 5.75 Å². The van der Waals surface area contributed by atoms with Crippen molar-refractivity contribution in [2.45, 2.75) is 82.2 Å². The van der Waals surface area contributed by atoms with E-state index in [4.69, 9.17) is 9.72 Å². The zero-order valence-corrected chi connectivity index (χ0v) is 19.0. The third kappa shape index (κ3) is 4.15. The second-order valence-corrected chi connectivity index (χ2v) is 11.0. The first-order chi connectivity index (χ1) is 15.2. The fourth-order valence-corrected chi connectivity index (χ4v) is 6.73. The summed E-state index contributed by atoms with van der Waals surface area (Å²) in [4.78, 5) is 11.6. The van der Waals surface area contributed by atoms with E-state index in [1.807, 2.05) is 11.3 Å². The maximum Gasteiger partial charge on any atom is 0.123 e. The third-order valence-corrected chi connectivity index (χ3v) is 8.88. The molecular formula is C25H33N3O2S. The molecule has 0 unspecified atom stereocenters. The minimum atomic E-state index is -0.0836. The molecule has 3 heterocycles. The van der Waals surface area contributed by atoms with Crippen LogP contribution in [0.4, 0.5) is 0 Å². The molecule has 5 nitrogen and oxygen atoms in total. The lowest BCUT2D eigenvalue weighted by atomic mass is 9.86. The fourth-order valence-electron chi connectivity index (χ4n) is 5.59. The van der Waals surface area contributed by atoms with Crippen LogP contribution >= 0.6 is 11.3 Å². The van der Waals surface area contributed by atoms with Gasteiger partial charge in [0.15, 0.2) is 0 Å². The van der Waals surface area contributed by atoms with E-state index in [0.29, 0.717) is 12.1 Å². The average molecular weight is 440 g/mol. The lowest BCUT2D eigenvalue weighted by Crippen LogP contribution is -2.50. The first kappa shape index (κ1) is 20.2. The summed E-state index contributed by atoms with van der Waals surface area (Å²) in [6.45, 7) is 4.63. The summed E-state index contributed by atoms with van der Waals surface area (Å²) in [5.41, 5.74) is 2.46. The standard InChI is InChI=1S/C25H33N3O2S/c29-20-12-18(13-20)28-11-8-23-24(16-28)31-25(26-23)17-4-6-21(7-5-17)30-22-14-19(15-22)27-9-2-1-3-10-27/h4-7,18-20,22,29H,1-3,8-16H2/t18-,19-,20+,22-. The van der Waals surface area contributed by atoms with Crippen LogP contribution in [0.25, 0.3) is 10.6 Å². The van der Waals surface area contributed by atoms with Crippen LogP contribution in [0.1, 0.15) is 55.5 Å². The Morgan fingerprint density at radius 3 is 2.39 bits per heavy atom. The lowest BCUT2D eigenvalue weighted by molar-refractivity contribution is -0.00377. The van der Waals surface area contributed by atoms with Crippen molar-refractivity contribution in [2.75, 3.05) is 19.6 Å². The number of aliphatic hydroxyl groups is 1. The van der Waals surface area contributed by atoms with Crippen LogP contribution in [0.2, 0.25) is 0 Å². The number of likely N-dealkylation sites (tertiary alicyclic amines) is 1. The zero-order valence-electron chi connectivity index (χ0n) is 18.2. The number of nitrogens with zero attached hydrogens (tertiary/aromatic N) is 3. The van der Waals surface area contributed by atoms with Crippen molar-refractivity contribution in [1.29, 1.82) is 0 Å². The number of benzene rings is 1. The van der Waals surface area contributed by atoms with Gasteiger partial charge in [-0.3, -0.25) is 4.90 Å². The van der Waals surface area contributed by atoms with E-state index in [-0.39, 0.29) is 6.10 Å². The van der Waals surface area contributed by atoms with Crippen molar-refractivity contribution in [3.8, 4) is 16.3 Å². The second-order valence-electron chi connectivity index (χ2n) is 9.87.